The lowest BCUT2D eigenvalue weighted by Crippen LogP contribution is -2.45. The highest BCUT2D eigenvalue weighted by atomic mass is 35.5. The van der Waals surface area contributed by atoms with Crippen LogP contribution in [-0.2, 0) is 4.79 Å². The van der Waals surface area contributed by atoms with Gasteiger partial charge in [0.1, 0.15) is 5.75 Å². The van der Waals surface area contributed by atoms with Crippen LogP contribution in [0.2, 0.25) is 5.02 Å². The molecule has 1 atom stereocenters. The number of thiocarbonyl (C=S) groups is 1. The van der Waals surface area contributed by atoms with Crippen molar-refractivity contribution in [2.45, 2.75) is 13.0 Å². The second-order valence-electron chi connectivity index (χ2n) is 5.78. The Morgan fingerprint density at radius 2 is 2.00 bits per heavy atom. The molecule has 0 fully saturated rings. The standard InChI is InChI=1S/C19H18ClN3O2S/c1-11-16(18(24)22-13-7-5-6-12(20)10-13)17(23-19(26)21-11)14-8-3-4-9-15(14)25-2/h3-10,17H,1-2H3,(H,22,24)(H2,21,23,26)/t17-/m0/s1. The summed E-state index contributed by atoms with van der Waals surface area (Å²) in [6, 6.07) is 14.1. The average molecular weight is 388 g/mol. The molecule has 1 aliphatic rings. The van der Waals surface area contributed by atoms with Crippen LogP contribution in [0, 0.1) is 0 Å². The molecule has 0 radical (unpaired) electrons. The van der Waals surface area contributed by atoms with E-state index in [1.54, 1.807) is 31.4 Å². The summed E-state index contributed by atoms with van der Waals surface area (Å²) in [5.74, 6) is 0.429. The van der Waals surface area contributed by atoms with Gasteiger partial charge in [0.2, 0.25) is 0 Å². The number of hydrogen-bond acceptors (Lipinski definition) is 3. The van der Waals surface area contributed by atoms with Gasteiger partial charge in [-0.2, -0.15) is 0 Å². The summed E-state index contributed by atoms with van der Waals surface area (Å²) < 4.78 is 5.46. The lowest BCUT2D eigenvalue weighted by atomic mass is 9.94. The van der Waals surface area contributed by atoms with E-state index < -0.39 is 6.04 Å². The molecule has 0 saturated carbocycles. The lowest BCUT2D eigenvalue weighted by molar-refractivity contribution is -0.113. The second kappa shape index (κ2) is 7.76. The average Bonchev–Trinajstić information content (AvgIpc) is 2.60. The van der Waals surface area contributed by atoms with E-state index in [9.17, 15) is 4.79 Å². The van der Waals surface area contributed by atoms with Crippen LogP contribution in [0.1, 0.15) is 18.5 Å². The van der Waals surface area contributed by atoms with Gasteiger partial charge in [0.15, 0.2) is 5.11 Å². The Kier molecular flexibility index (Phi) is 5.44. The van der Waals surface area contributed by atoms with Gasteiger partial charge in [-0.15, -0.1) is 0 Å². The van der Waals surface area contributed by atoms with Gasteiger partial charge >= 0.3 is 0 Å². The van der Waals surface area contributed by atoms with Crippen LogP contribution in [0.5, 0.6) is 5.75 Å². The quantitative estimate of drug-likeness (QED) is 0.697. The number of anilines is 1. The molecule has 1 aliphatic heterocycles. The summed E-state index contributed by atoms with van der Waals surface area (Å²) >= 11 is 11.3. The lowest BCUT2D eigenvalue weighted by Gasteiger charge is -2.31. The zero-order valence-electron chi connectivity index (χ0n) is 14.3. The Bertz CT molecular complexity index is 898. The van der Waals surface area contributed by atoms with Crippen molar-refractivity contribution in [3.8, 4) is 5.75 Å². The summed E-state index contributed by atoms with van der Waals surface area (Å²) in [7, 11) is 1.60. The molecule has 2 aromatic rings. The molecule has 3 N–H and O–H groups in total. The van der Waals surface area contributed by atoms with Gasteiger partial charge in [0.05, 0.1) is 18.7 Å². The molecule has 1 heterocycles. The third kappa shape index (κ3) is 3.81. The van der Waals surface area contributed by atoms with E-state index in [-0.39, 0.29) is 5.91 Å². The van der Waals surface area contributed by atoms with Crippen LogP contribution in [0.4, 0.5) is 5.69 Å². The molecule has 5 nitrogen and oxygen atoms in total. The zero-order chi connectivity index (χ0) is 18.7. The number of para-hydroxylation sites is 1. The van der Waals surface area contributed by atoms with E-state index >= 15 is 0 Å². The maximum Gasteiger partial charge on any atom is 0.255 e. The number of benzene rings is 2. The topological polar surface area (TPSA) is 62.4 Å². The molecule has 0 saturated heterocycles. The molecule has 0 spiro atoms. The normalized spacial score (nSPS) is 16.6. The van der Waals surface area contributed by atoms with E-state index in [1.165, 1.54) is 0 Å². The van der Waals surface area contributed by atoms with E-state index in [1.807, 2.05) is 31.2 Å². The highest BCUT2D eigenvalue weighted by Crippen LogP contribution is 2.33. The fraction of sp³-hybridized carbons (Fsp3) is 0.158. The molecule has 1 amide bonds. The fourth-order valence-electron chi connectivity index (χ4n) is 2.90. The van der Waals surface area contributed by atoms with Gasteiger partial charge in [-0.3, -0.25) is 4.79 Å². The van der Waals surface area contributed by atoms with Gasteiger partial charge < -0.3 is 20.7 Å². The summed E-state index contributed by atoms with van der Waals surface area (Å²) in [6.07, 6.45) is 0. The molecule has 0 aromatic heterocycles. The largest absolute Gasteiger partial charge is 0.496 e. The number of allylic oxidation sites excluding steroid dienone is 1. The monoisotopic (exact) mass is 387 g/mol. The Morgan fingerprint density at radius 1 is 1.23 bits per heavy atom. The zero-order valence-corrected chi connectivity index (χ0v) is 15.9. The maximum absolute atomic E-state index is 13.0. The highest BCUT2D eigenvalue weighted by Gasteiger charge is 2.31. The van der Waals surface area contributed by atoms with Crippen molar-refractivity contribution in [1.82, 2.24) is 10.6 Å². The third-order valence-corrected chi connectivity index (χ3v) is 4.50. The van der Waals surface area contributed by atoms with Crippen molar-refractivity contribution < 1.29 is 9.53 Å². The minimum Gasteiger partial charge on any atom is -0.496 e. The van der Waals surface area contributed by atoms with Crippen molar-refractivity contribution in [3.05, 3.63) is 70.4 Å². The highest BCUT2D eigenvalue weighted by molar-refractivity contribution is 7.80. The predicted molar refractivity (Wildman–Crippen MR) is 107 cm³/mol. The number of halogens is 1. The summed E-state index contributed by atoms with van der Waals surface area (Å²) in [5, 5.41) is 10.1. The van der Waals surface area contributed by atoms with Crippen LogP contribution in [0.3, 0.4) is 0 Å². The molecule has 0 bridgehead atoms. The van der Waals surface area contributed by atoms with Crippen molar-refractivity contribution in [2.75, 3.05) is 12.4 Å². The van der Waals surface area contributed by atoms with Gasteiger partial charge in [-0.1, -0.05) is 35.9 Å². The number of carbonyl (C=O) groups is 1. The Hall–Kier alpha value is -2.57. The molecular formula is C19H18ClN3O2S. The Morgan fingerprint density at radius 3 is 2.73 bits per heavy atom. The summed E-state index contributed by atoms with van der Waals surface area (Å²) in [5.41, 5.74) is 2.66. The summed E-state index contributed by atoms with van der Waals surface area (Å²) in [4.78, 5) is 13.0. The van der Waals surface area contributed by atoms with Crippen molar-refractivity contribution in [3.63, 3.8) is 0 Å². The number of methoxy groups -OCH3 is 1. The Labute approximate surface area is 162 Å². The molecule has 2 aromatic carbocycles. The molecule has 134 valence electrons. The molecular weight excluding hydrogens is 370 g/mol. The van der Waals surface area contributed by atoms with Gasteiger partial charge in [-0.25, -0.2) is 0 Å². The van der Waals surface area contributed by atoms with Crippen LogP contribution >= 0.6 is 23.8 Å². The van der Waals surface area contributed by atoms with E-state index in [2.05, 4.69) is 16.0 Å². The number of ether oxygens (including phenoxy) is 1. The number of amides is 1. The minimum absolute atomic E-state index is 0.247. The van der Waals surface area contributed by atoms with Gasteiger partial charge in [0.25, 0.3) is 5.91 Å². The Balaban J connectivity index is 1.99. The third-order valence-electron chi connectivity index (χ3n) is 4.05. The predicted octanol–water partition coefficient (Wildman–Crippen LogP) is 3.78. The van der Waals surface area contributed by atoms with Crippen LogP contribution < -0.4 is 20.7 Å². The van der Waals surface area contributed by atoms with Crippen molar-refractivity contribution in [2.24, 2.45) is 0 Å². The fourth-order valence-corrected chi connectivity index (χ4v) is 3.36. The van der Waals surface area contributed by atoms with E-state index in [0.717, 1.165) is 5.56 Å². The molecule has 7 heteroatoms. The maximum atomic E-state index is 13.0. The van der Waals surface area contributed by atoms with Crippen molar-refractivity contribution in [1.29, 1.82) is 0 Å². The van der Waals surface area contributed by atoms with Crippen LogP contribution in [0.15, 0.2) is 59.8 Å². The van der Waals surface area contributed by atoms with Crippen LogP contribution in [0.25, 0.3) is 0 Å². The molecule has 0 aliphatic carbocycles. The SMILES string of the molecule is COc1ccccc1[C@@H]1NC(=S)NC(C)=C1C(=O)Nc1cccc(Cl)c1. The molecule has 0 unspecified atom stereocenters. The van der Waals surface area contributed by atoms with Crippen LogP contribution in [-0.4, -0.2) is 18.1 Å². The number of rotatable bonds is 4. The first-order chi connectivity index (χ1) is 12.5. The number of hydrogen-bond donors (Lipinski definition) is 3. The van der Waals surface area contributed by atoms with E-state index in [0.29, 0.717) is 32.8 Å². The smallest absolute Gasteiger partial charge is 0.255 e. The second-order valence-corrected chi connectivity index (χ2v) is 6.62. The first-order valence-corrected chi connectivity index (χ1v) is 8.76. The van der Waals surface area contributed by atoms with Gasteiger partial charge in [-0.05, 0) is 43.4 Å². The molecule has 26 heavy (non-hydrogen) atoms. The van der Waals surface area contributed by atoms with Gasteiger partial charge in [0, 0.05) is 22.0 Å². The number of nitrogens with one attached hydrogen (secondary N) is 3. The van der Waals surface area contributed by atoms with E-state index in [4.69, 9.17) is 28.6 Å². The van der Waals surface area contributed by atoms with Crippen molar-refractivity contribution >= 4 is 40.5 Å². The summed E-state index contributed by atoms with van der Waals surface area (Å²) in [6.45, 7) is 1.82. The molecule has 3 rings (SSSR count). The first kappa shape index (κ1) is 18.2. The first-order valence-electron chi connectivity index (χ1n) is 7.97. The minimum atomic E-state index is -0.431. The number of carbonyl (C=O) groups excluding carboxylic acids is 1.